The van der Waals surface area contributed by atoms with Crippen LogP contribution in [-0.2, 0) is 10.0 Å². The van der Waals surface area contributed by atoms with Crippen LogP contribution in [0.1, 0.15) is 16.7 Å². The van der Waals surface area contributed by atoms with Gasteiger partial charge in [0.25, 0.3) is 10.0 Å². The molecule has 1 heterocycles. The van der Waals surface area contributed by atoms with E-state index in [0.717, 1.165) is 5.56 Å². The molecule has 122 valence electrons. The van der Waals surface area contributed by atoms with E-state index in [-0.39, 0.29) is 23.7 Å². The summed E-state index contributed by atoms with van der Waals surface area (Å²) >= 11 is 0. The van der Waals surface area contributed by atoms with Gasteiger partial charge < -0.3 is 4.74 Å². The third-order valence-electron chi connectivity index (χ3n) is 3.89. The van der Waals surface area contributed by atoms with Gasteiger partial charge in [-0.05, 0) is 44.0 Å². The van der Waals surface area contributed by atoms with Crippen LogP contribution in [0.4, 0.5) is 10.1 Å². The van der Waals surface area contributed by atoms with Gasteiger partial charge in [-0.1, -0.05) is 17.7 Å². The molecular weight excluding hydrogens is 317 g/mol. The molecule has 3 rings (SSSR count). The molecule has 1 aliphatic rings. The molecule has 23 heavy (non-hydrogen) atoms. The quantitative estimate of drug-likeness (QED) is 0.846. The second kappa shape index (κ2) is 5.53. The molecule has 0 aromatic heterocycles. The molecule has 2 aromatic carbocycles. The Labute approximate surface area is 135 Å². The number of aryl methyl sites for hydroxylation is 3. The number of anilines is 1. The predicted molar refractivity (Wildman–Crippen MR) is 87.1 cm³/mol. The predicted octanol–water partition coefficient (Wildman–Crippen LogP) is 3.34. The molecule has 4 nitrogen and oxygen atoms in total. The summed E-state index contributed by atoms with van der Waals surface area (Å²) in [4.78, 5) is 0.278. The van der Waals surface area contributed by atoms with Crippen molar-refractivity contribution in [1.29, 1.82) is 0 Å². The van der Waals surface area contributed by atoms with E-state index < -0.39 is 15.8 Å². The lowest BCUT2D eigenvalue weighted by Gasteiger charge is -2.31. The first-order valence-electron chi connectivity index (χ1n) is 7.33. The van der Waals surface area contributed by atoms with Crippen LogP contribution in [0.25, 0.3) is 0 Å². The van der Waals surface area contributed by atoms with Crippen molar-refractivity contribution in [3.05, 3.63) is 52.8 Å². The molecule has 0 atom stereocenters. The van der Waals surface area contributed by atoms with Crippen LogP contribution in [0.5, 0.6) is 5.75 Å². The molecule has 0 spiro atoms. The summed E-state index contributed by atoms with van der Waals surface area (Å²) in [6.45, 7) is 5.88. The normalized spacial score (nSPS) is 14.3. The third kappa shape index (κ3) is 2.67. The minimum absolute atomic E-state index is 0.158. The average Bonchev–Trinajstić information content (AvgIpc) is 2.44. The molecule has 0 unspecified atom stereocenters. The molecule has 0 N–H and O–H groups in total. The van der Waals surface area contributed by atoms with Crippen LogP contribution in [0.15, 0.2) is 35.2 Å². The van der Waals surface area contributed by atoms with Crippen molar-refractivity contribution in [2.24, 2.45) is 0 Å². The number of hydrogen-bond donors (Lipinski definition) is 0. The maximum Gasteiger partial charge on any atom is 0.265 e. The van der Waals surface area contributed by atoms with Crippen molar-refractivity contribution in [3.63, 3.8) is 0 Å². The fourth-order valence-corrected chi connectivity index (χ4v) is 4.97. The number of hydrogen-bond acceptors (Lipinski definition) is 3. The van der Waals surface area contributed by atoms with E-state index >= 15 is 0 Å². The highest BCUT2D eigenvalue weighted by Gasteiger charge is 2.32. The number of ether oxygens (including phenoxy) is 1. The van der Waals surface area contributed by atoms with Crippen LogP contribution in [0.2, 0.25) is 0 Å². The number of halogens is 1. The summed E-state index contributed by atoms with van der Waals surface area (Å²) in [5.41, 5.74) is 2.63. The van der Waals surface area contributed by atoms with E-state index in [1.807, 2.05) is 19.1 Å². The summed E-state index contributed by atoms with van der Waals surface area (Å²) in [6, 6.07) is 7.60. The first kappa shape index (κ1) is 15.8. The Hall–Kier alpha value is -2.08. The van der Waals surface area contributed by atoms with E-state index in [9.17, 15) is 12.8 Å². The highest BCUT2D eigenvalue weighted by molar-refractivity contribution is 7.93. The van der Waals surface area contributed by atoms with Gasteiger partial charge in [0.2, 0.25) is 0 Å². The van der Waals surface area contributed by atoms with E-state index in [4.69, 9.17) is 4.74 Å². The topological polar surface area (TPSA) is 46.6 Å². The minimum Gasteiger partial charge on any atom is -0.489 e. The highest BCUT2D eigenvalue weighted by atomic mass is 32.2. The zero-order valence-electron chi connectivity index (χ0n) is 13.3. The fraction of sp³-hybridized carbons (Fsp3) is 0.294. The van der Waals surface area contributed by atoms with Gasteiger partial charge in [-0.2, -0.15) is 0 Å². The van der Waals surface area contributed by atoms with Crippen molar-refractivity contribution in [2.45, 2.75) is 25.7 Å². The molecule has 0 amide bonds. The fourth-order valence-electron chi connectivity index (χ4n) is 3.10. The van der Waals surface area contributed by atoms with Gasteiger partial charge in [0, 0.05) is 6.07 Å². The summed E-state index contributed by atoms with van der Waals surface area (Å²) in [5.74, 6) is -0.115. The SMILES string of the molecule is Cc1cc(C)c(S(=O)(=O)N2CCOc3ccc(F)cc32)c(C)c1. The first-order chi connectivity index (χ1) is 10.8. The number of nitrogens with zero attached hydrogens (tertiary/aromatic N) is 1. The number of fused-ring (bicyclic) bond motifs is 1. The lowest BCUT2D eigenvalue weighted by atomic mass is 10.1. The molecule has 0 aliphatic carbocycles. The Morgan fingerprint density at radius 2 is 1.74 bits per heavy atom. The van der Waals surface area contributed by atoms with Gasteiger partial charge in [-0.3, -0.25) is 4.31 Å². The lowest BCUT2D eigenvalue weighted by molar-refractivity contribution is 0.315. The van der Waals surface area contributed by atoms with Gasteiger partial charge >= 0.3 is 0 Å². The van der Waals surface area contributed by atoms with Crippen LogP contribution < -0.4 is 9.04 Å². The Morgan fingerprint density at radius 1 is 1.09 bits per heavy atom. The molecule has 0 saturated heterocycles. The van der Waals surface area contributed by atoms with Crippen molar-refractivity contribution in [2.75, 3.05) is 17.5 Å². The van der Waals surface area contributed by atoms with Gasteiger partial charge in [0.15, 0.2) is 0 Å². The van der Waals surface area contributed by atoms with Gasteiger partial charge in [-0.25, -0.2) is 12.8 Å². The van der Waals surface area contributed by atoms with Gasteiger partial charge in [0.05, 0.1) is 17.1 Å². The monoisotopic (exact) mass is 335 g/mol. The second-order valence-corrected chi connectivity index (χ2v) is 7.56. The first-order valence-corrected chi connectivity index (χ1v) is 8.77. The van der Waals surface area contributed by atoms with Crippen molar-refractivity contribution < 1.29 is 17.5 Å². The Balaban J connectivity index is 2.18. The Morgan fingerprint density at radius 3 is 2.39 bits per heavy atom. The van der Waals surface area contributed by atoms with Crippen LogP contribution in [0, 0.1) is 26.6 Å². The van der Waals surface area contributed by atoms with E-state index in [1.54, 1.807) is 13.8 Å². The van der Waals surface area contributed by atoms with Crippen molar-refractivity contribution in [1.82, 2.24) is 0 Å². The molecule has 6 heteroatoms. The van der Waals surface area contributed by atoms with Crippen LogP contribution in [0.3, 0.4) is 0 Å². The highest BCUT2D eigenvalue weighted by Crippen LogP contribution is 2.37. The maximum absolute atomic E-state index is 13.6. The zero-order valence-corrected chi connectivity index (χ0v) is 14.1. The van der Waals surface area contributed by atoms with E-state index in [1.165, 1.54) is 22.5 Å². The molecule has 0 bridgehead atoms. The smallest absolute Gasteiger partial charge is 0.265 e. The Bertz CT molecular complexity index is 854. The molecule has 0 fully saturated rings. The van der Waals surface area contributed by atoms with Crippen LogP contribution >= 0.6 is 0 Å². The second-order valence-electron chi connectivity index (χ2n) is 5.77. The number of rotatable bonds is 2. The van der Waals surface area contributed by atoms with Crippen molar-refractivity contribution >= 4 is 15.7 Å². The van der Waals surface area contributed by atoms with Crippen molar-refractivity contribution in [3.8, 4) is 5.75 Å². The molecular formula is C17H18FNO3S. The molecule has 0 saturated carbocycles. The maximum atomic E-state index is 13.6. The van der Waals surface area contributed by atoms with E-state index in [2.05, 4.69) is 0 Å². The van der Waals surface area contributed by atoms with Crippen LogP contribution in [-0.4, -0.2) is 21.6 Å². The lowest BCUT2D eigenvalue weighted by Crippen LogP contribution is -2.38. The zero-order chi connectivity index (χ0) is 16.8. The van der Waals surface area contributed by atoms with Gasteiger partial charge in [-0.15, -0.1) is 0 Å². The molecule has 0 radical (unpaired) electrons. The summed E-state index contributed by atoms with van der Waals surface area (Å²) in [7, 11) is -3.78. The summed E-state index contributed by atoms with van der Waals surface area (Å²) < 4.78 is 46.6. The standard InChI is InChI=1S/C17H18FNO3S/c1-11-8-12(2)17(13(3)9-11)23(20,21)19-6-7-22-16-5-4-14(18)10-15(16)19/h4-5,8-10H,6-7H2,1-3H3. The molecule has 1 aliphatic heterocycles. The third-order valence-corrected chi connectivity index (χ3v) is 6.01. The number of sulfonamides is 1. The largest absolute Gasteiger partial charge is 0.489 e. The van der Waals surface area contributed by atoms with E-state index in [0.29, 0.717) is 16.9 Å². The Kier molecular flexibility index (Phi) is 3.80. The van der Waals surface area contributed by atoms with Gasteiger partial charge in [0.1, 0.15) is 18.2 Å². The molecule has 2 aromatic rings. The summed E-state index contributed by atoms with van der Waals surface area (Å²) in [6.07, 6.45) is 0. The minimum atomic E-state index is -3.78. The average molecular weight is 335 g/mol. The summed E-state index contributed by atoms with van der Waals surface area (Å²) in [5, 5.41) is 0. The number of benzene rings is 2.